The van der Waals surface area contributed by atoms with Gasteiger partial charge in [0.2, 0.25) is 0 Å². The van der Waals surface area contributed by atoms with Crippen molar-refractivity contribution in [2.24, 2.45) is 7.05 Å². The second-order valence-electron chi connectivity index (χ2n) is 5.49. The molecule has 1 atom stereocenters. The van der Waals surface area contributed by atoms with Gasteiger partial charge in [-0.05, 0) is 31.9 Å². The first-order chi connectivity index (χ1) is 9.54. The molecule has 6 nitrogen and oxygen atoms in total. The van der Waals surface area contributed by atoms with E-state index in [4.69, 9.17) is 0 Å². The fraction of sp³-hybridized carbons (Fsp3) is 0.500. The van der Waals surface area contributed by atoms with Gasteiger partial charge in [0, 0.05) is 32.0 Å². The number of aryl methyl sites for hydroxylation is 3. The van der Waals surface area contributed by atoms with Gasteiger partial charge in [0.1, 0.15) is 0 Å². The smallest absolute Gasteiger partial charge is 0.274 e. The van der Waals surface area contributed by atoms with Crippen LogP contribution in [-0.2, 0) is 7.05 Å². The van der Waals surface area contributed by atoms with E-state index in [0.717, 1.165) is 24.2 Å². The second-order valence-corrected chi connectivity index (χ2v) is 5.49. The quantitative estimate of drug-likeness (QED) is 0.829. The van der Waals surface area contributed by atoms with E-state index in [1.807, 2.05) is 48.9 Å². The van der Waals surface area contributed by atoms with Crippen molar-refractivity contribution in [2.45, 2.75) is 26.3 Å². The largest absolute Gasteiger partial charge is 0.335 e. The van der Waals surface area contributed by atoms with Gasteiger partial charge in [-0.1, -0.05) is 0 Å². The average Bonchev–Trinajstić information content (AvgIpc) is 3.10. The fourth-order valence-electron chi connectivity index (χ4n) is 2.60. The Bertz CT molecular complexity index is 622. The van der Waals surface area contributed by atoms with Crippen LogP contribution in [0.2, 0.25) is 0 Å². The van der Waals surface area contributed by atoms with Gasteiger partial charge >= 0.3 is 0 Å². The number of carbonyl (C=O) groups excluding carboxylic acids is 1. The molecule has 106 valence electrons. The summed E-state index contributed by atoms with van der Waals surface area (Å²) in [5.41, 5.74) is 2.67. The maximum atomic E-state index is 12.4. The van der Waals surface area contributed by atoms with Gasteiger partial charge < -0.3 is 4.90 Å². The average molecular weight is 273 g/mol. The maximum Gasteiger partial charge on any atom is 0.274 e. The Balaban J connectivity index is 1.72. The zero-order valence-corrected chi connectivity index (χ0v) is 12.1. The van der Waals surface area contributed by atoms with Crippen LogP contribution in [0.5, 0.6) is 0 Å². The van der Waals surface area contributed by atoms with E-state index < -0.39 is 0 Å². The molecule has 0 radical (unpaired) electrons. The van der Waals surface area contributed by atoms with Crippen LogP contribution in [0.3, 0.4) is 0 Å². The van der Waals surface area contributed by atoms with Crippen LogP contribution in [0.15, 0.2) is 18.5 Å². The Hall–Kier alpha value is -2.11. The van der Waals surface area contributed by atoms with Crippen LogP contribution < -0.4 is 0 Å². The third kappa shape index (κ3) is 2.21. The van der Waals surface area contributed by atoms with Crippen LogP contribution in [0.25, 0.3) is 0 Å². The first kappa shape index (κ1) is 12.9. The number of aromatic nitrogens is 4. The molecule has 1 unspecified atom stereocenters. The third-order valence-electron chi connectivity index (χ3n) is 3.89. The molecule has 1 amide bonds. The molecule has 1 fully saturated rings. The molecule has 6 heteroatoms. The van der Waals surface area contributed by atoms with Gasteiger partial charge in [0.15, 0.2) is 5.69 Å². The van der Waals surface area contributed by atoms with Gasteiger partial charge in [0.05, 0.1) is 12.2 Å². The highest BCUT2D eigenvalue weighted by atomic mass is 16.2. The van der Waals surface area contributed by atoms with Gasteiger partial charge in [-0.3, -0.25) is 14.2 Å². The van der Waals surface area contributed by atoms with E-state index in [1.54, 1.807) is 4.68 Å². The summed E-state index contributed by atoms with van der Waals surface area (Å²) >= 11 is 0. The third-order valence-corrected chi connectivity index (χ3v) is 3.89. The molecule has 1 saturated heterocycles. The number of likely N-dealkylation sites (tertiary alicyclic amines) is 1. The van der Waals surface area contributed by atoms with Crippen LogP contribution in [0.1, 0.15) is 34.2 Å². The van der Waals surface area contributed by atoms with Gasteiger partial charge in [-0.25, -0.2) is 0 Å². The van der Waals surface area contributed by atoms with Crippen LogP contribution in [-0.4, -0.2) is 43.5 Å². The predicted molar refractivity (Wildman–Crippen MR) is 74.5 cm³/mol. The Kier molecular flexibility index (Phi) is 3.08. The molecule has 3 rings (SSSR count). The minimum atomic E-state index is 0.0140. The van der Waals surface area contributed by atoms with Gasteiger partial charge in [-0.2, -0.15) is 10.2 Å². The van der Waals surface area contributed by atoms with Crippen molar-refractivity contribution >= 4 is 5.91 Å². The van der Waals surface area contributed by atoms with Crippen LogP contribution >= 0.6 is 0 Å². The second kappa shape index (κ2) is 4.77. The highest BCUT2D eigenvalue weighted by Crippen LogP contribution is 2.22. The van der Waals surface area contributed by atoms with Gasteiger partial charge in [-0.15, -0.1) is 0 Å². The molecule has 1 aliphatic heterocycles. The van der Waals surface area contributed by atoms with Crippen molar-refractivity contribution in [3.05, 3.63) is 35.4 Å². The fourth-order valence-corrected chi connectivity index (χ4v) is 2.60. The topological polar surface area (TPSA) is 56.0 Å². The summed E-state index contributed by atoms with van der Waals surface area (Å²) in [5, 5.41) is 8.60. The predicted octanol–water partition coefficient (Wildman–Crippen LogP) is 1.32. The number of amides is 1. The number of hydrogen-bond acceptors (Lipinski definition) is 3. The van der Waals surface area contributed by atoms with Crippen molar-refractivity contribution in [3.8, 4) is 0 Å². The van der Waals surface area contributed by atoms with E-state index >= 15 is 0 Å². The van der Waals surface area contributed by atoms with Crippen LogP contribution in [0, 0.1) is 13.8 Å². The van der Waals surface area contributed by atoms with E-state index in [1.165, 1.54) is 0 Å². The maximum absolute atomic E-state index is 12.4. The standard InChI is InChI=1S/C14H19N5O/c1-10-7-15-19(8-10)12-4-5-18(9-12)14(20)13-6-11(2)17(3)16-13/h6-8,12H,4-5,9H2,1-3H3. The summed E-state index contributed by atoms with van der Waals surface area (Å²) in [6, 6.07) is 2.12. The summed E-state index contributed by atoms with van der Waals surface area (Å²) in [7, 11) is 1.85. The van der Waals surface area contributed by atoms with E-state index in [0.29, 0.717) is 12.2 Å². The monoisotopic (exact) mass is 273 g/mol. The minimum absolute atomic E-state index is 0.0140. The van der Waals surface area contributed by atoms with Crippen molar-refractivity contribution in [3.63, 3.8) is 0 Å². The number of carbonyl (C=O) groups is 1. The number of rotatable bonds is 2. The van der Waals surface area contributed by atoms with E-state index in [9.17, 15) is 4.79 Å². The van der Waals surface area contributed by atoms with Crippen molar-refractivity contribution in [1.29, 1.82) is 0 Å². The lowest BCUT2D eigenvalue weighted by Crippen LogP contribution is -2.29. The molecule has 2 aromatic rings. The zero-order chi connectivity index (χ0) is 14.3. The highest BCUT2D eigenvalue weighted by Gasteiger charge is 2.29. The molecular weight excluding hydrogens is 254 g/mol. The molecule has 0 N–H and O–H groups in total. The molecular formula is C14H19N5O. The van der Waals surface area contributed by atoms with E-state index in [-0.39, 0.29) is 11.9 Å². The molecule has 0 bridgehead atoms. The Labute approximate surface area is 118 Å². The summed E-state index contributed by atoms with van der Waals surface area (Å²) in [4.78, 5) is 14.3. The lowest BCUT2D eigenvalue weighted by atomic mass is 10.3. The van der Waals surface area contributed by atoms with Crippen molar-refractivity contribution < 1.29 is 4.79 Å². The summed E-state index contributed by atoms with van der Waals surface area (Å²) in [6.07, 6.45) is 4.83. The van der Waals surface area contributed by atoms with E-state index in [2.05, 4.69) is 10.2 Å². The first-order valence-corrected chi connectivity index (χ1v) is 6.85. The Morgan fingerprint density at radius 2 is 2.20 bits per heavy atom. The minimum Gasteiger partial charge on any atom is -0.335 e. The summed E-state index contributed by atoms with van der Waals surface area (Å²) < 4.78 is 3.70. The normalized spacial score (nSPS) is 18.8. The molecule has 0 aromatic carbocycles. The SMILES string of the molecule is Cc1cnn(C2CCN(C(=O)c3cc(C)n(C)n3)C2)c1. The zero-order valence-electron chi connectivity index (χ0n) is 12.1. The molecule has 3 heterocycles. The molecule has 0 aliphatic carbocycles. The van der Waals surface area contributed by atoms with Crippen molar-refractivity contribution in [2.75, 3.05) is 13.1 Å². The van der Waals surface area contributed by atoms with Crippen LogP contribution in [0.4, 0.5) is 0 Å². The number of nitrogens with zero attached hydrogens (tertiary/aromatic N) is 5. The molecule has 20 heavy (non-hydrogen) atoms. The molecule has 1 aliphatic rings. The summed E-state index contributed by atoms with van der Waals surface area (Å²) in [6.45, 7) is 5.44. The Morgan fingerprint density at radius 3 is 2.80 bits per heavy atom. The van der Waals surface area contributed by atoms with Gasteiger partial charge in [0.25, 0.3) is 5.91 Å². The molecule has 2 aromatic heterocycles. The lowest BCUT2D eigenvalue weighted by Gasteiger charge is -2.15. The first-order valence-electron chi connectivity index (χ1n) is 6.85. The molecule has 0 saturated carbocycles. The number of hydrogen-bond donors (Lipinski definition) is 0. The summed E-state index contributed by atoms with van der Waals surface area (Å²) in [5.74, 6) is 0.0140. The lowest BCUT2D eigenvalue weighted by molar-refractivity contribution is 0.0780. The molecule has 0 spiro atoms. The Morgan fingerprint density at radius 1 is 1.40 bits per heavy atom. The van der Waals surface area contributed by atoms with Crippen molar-refractivity contribution in [1.82, 2.24) is 24.5 Å². The highest BCUT2D eigenvalue weighted by molar-refractivity contribution is 5.92.